The third kappa shape index (κ3) is 3.97. The minimum Gasteiger partial charge on any atom is -0.494 e. The van der Waals surface area contributed by atoms with Crippen LogP contribution in [-0.4, -0.2) is 41.1 Å². The normalized spacial score (nSPS) is 12.2. The third-order valence-corrected chi connectivity index (χ3v) is 7.25. The Bertz CT molecular complexity index is 1210. The van der Waals surface area contributed by atoms with E-state index in [1.807, 2.05) is 24.0 Å². The van der Waals surface area contributed by atoms with Gasteiger partial charge in [0.25, 0.3) is 0 Å². The zero-order chi connectivity index (χ0) is 21.5. The molecule has 0 bridgehead atoms. The van der Waals surface area contributed by atoms with E-state index in [4.69, 9.17) is 21.1 Å². The standard InChI is InChI=1S/C22H27ClN4O2Si/c1-26-18(10-16-11-20(23)24-13-19(16)26)17-7-6-15-12-25-27(21(15)22(17)28-2)14-29-8-9-30(3,4)5/h6-7,10-13H,8-9,14H2,1-5H3. The van der Waals surface area contributed by atoms with Crippen LogP contribution in [0.2, 0.25) is 30.8 Å². The molecule has 0 fully saturated rings. The quantitative estimate of drug-likeness (QED) is 0.213. The molecule has 0 saturated heterocycles. The summed E-state index contributed by atoms with van der Waals surface area (Å²) < 4.78 is 15.8. The third-order valence-electron chi connectivity index (χ3n) is 5.34. The van der Waals surface area contributed by atoms with E-state index >= 15 is 0 Å². The number of aryl methyl sites for hydroxylation is 1. The number of hydrogen-bond donors (Lipinski definition) is 0. The number of fused-ring (bicyclic) bond motifs is 2. The number of halogens is 1. The molecule has 0 atom stereocenters. The first-order valence-corrected chi connectivity index (χ1v) is 14.1. The van der Waals surface area contributed by atoms with Crippen molar-refractivity contribution in [3.05, 3.63) is 41.8 Å². The maximum Gasteiger partial charge on any atom is 0.154 e. The first-order valence-electron chi connectivity index (χ1n) is 10.00. The van der Waals surface area contributed by atoms with Crippen LogP contribution >= 0.6 is 11.6 Å². The van der Waals surface area contributed by atoms with Crippen LogP contribution < -0.4 is 4.74 Å². The number of pyridine rings is 1. The average molecular weight is 443 g/mol. The van der Waals surface area contributed by atoms with Gasteiger partial charge in [-0.05, 0) is 24.2 Å². The lowest BCUT2D eigenvalue weighted by atomic mass is 10.1. The predicted molar refractivity (Wildman–Crippen MR) is 125 cm³/mol. The zero-order valence-corrected chi connectivity index (χ0v) is 19.8. The molecule has 0 unspecified atom stereocenters. The number of benzene rings is 1. The van der Waals surface area contributed by atoms with Crippen LogP contribution in [-0.2, 0) is 18.5 Å². The summed E-state index contributed by atoms with van der Waals surface area (Å²) in [5.41, 5.74) is 3.97. The summed E-state index contributed by atoms with van der Waals surface area (Å²) in [6.45, 7) is 8.20. The fourth-order valence-corrected chi connectivity index (χ4v) is 4.57. The minimum atomic E-state index is -1.13. The average Bonchev–Trinajstić information content (AvgIpc) is 3.24. The molecule has 0 radical (unpaired) electrons. The lowest BCUT2D eigenvalue weighted by Gasteiger charge is -2.16. The molecular weight excluding hydrogens is 416 g/mol. The Labute approximate surface area is 182 Å². The molecule has 0 saturated carbocycles. The topological polar surface area (TPSA) is 54.1 Å². The Morgan fingerprint density at radius 2 is 1.90 bits per heavy atom. The van der Waals surface area contributed by atoms with Gasteiger partial charge in [0.2, 0.25) is 0 Å². The number of rotatable bonds is 7. The van der Waals surface area contributed by atoms with Crippen LogP contribution in [0.1, 0.15) is 0 Å². The second-order valence-electron chi connectivity index (χ2n) is 8.73. The number of aromatic nitrogens is 4. The van der Waals surface area contributed by atoms with Crippen molar-refractivity contribution in [2.45, 2.75) is 32.4 Å². The van der Waals surface area contributed by atoms with Crippen molar-refractivity contribution in [3.63, 3.8) is 0 Å². The second-order valence-corrected chi connectivity index (χ2v) is 14.7. The van der Waals surface area contributed by atoms with Gasteiger partial charge < -0.3 is 14.0 Å². The molecule has 8 heteroatoms. The number of hydrogen-bond acceptors (Lipinski definition) is 4. The Balaban J connectivity index is 1.74. The van der Waals surface area contributed by atoms with Crippen molar-refractivity contribution in [2.75, 3.05) is 13.7 Å². The van der Waals surface area contributed by atoms with Crippen LogP contribution in [0.4, 0.5) is 0 Å². The number of nitrogens with zero attached hydrogens (tertiary/aromatic N) is 4. The Morgan fingerprint density at radius 3 is 2.63 bits per heavy atom. The Kier molecular flexibility index (Phi) is 5.61. The van der Waals surface area contributed by atoms with Crippen molar-refractivity contribution in [3.8, 4) is 17.0 Å². The molecule has 30 heavy (non-hydrogen) atoms. The van der Waals surface area contributed by atoms with E-state index in [-0.39, 0.29) is 0 Å². The Hall–Kier alpha value is -2.35. The lowest BCUT2D eigenvalue weighted by molar-refractivity contribution is 0.0814. The van der Waals surface area contributed by atoms with Crippen molar-refractivity contribution in [1.29, 1.82) is 0 Å². The Morgan fingerprint density at radius 1 is 1.10 bits per heavy atom. The molecule has 3 heterocycles. The molecule has 0 aliphatic heterocycles. The fourth-order valence-electron chi connectivity index (χ4n) is 3.65. The van der Waals surface area contributed by atoms with Gasteiger partial charge in [-0.1, -0.05) is 37.3 Å². The van der Waals surface area contributed by atoms with Crippen molar-refractivity contribution in [2.24, 2.45) is 7.05 Å². The summed E-state index contributed by atoms with van der Waals surface area (Å²) in [4.78, 5) is 4.22. The molecule has 0 aliphatic carbocycles. The van der Waals surface area contributed by atoms with Crippen LogP contribution in [0.25, 0.3) is 33.1 Å². The highest BCUT2D eigenvalue weighted by Crippen LogP contribution is 2.39. The second kappa shape index (κ2) is 8.06. The van der Waals surface area contributed by atoms with E-state index < -0.39 is 8.07 Å². The predicted octanol–water partition coefficient (Wildman–Crippen LogP) is 5.56. The highest BCUT2D eigenvalue weighted by Gasteiger charge is 2.19. The molecule has 3 aromatic heterocycles. The van der Waals surface area contributed by atoms with Gasteiger partial charge in [0.1, 0.15) is 17.4 Å². The summed E-state index contributed by atoms with van der Waals surface area (Å²) in [5, 5.41) is 7.08. The van der Waals surface area contributed by atoms with E-state index in [1.54, 1.807) is 13.3 Å². The maximum absolute atomic E-state index is 6.09. The van der Waals surface area contributed by atoms with Gasteiger partial charge in [-0.15, -0.1) is 0 Å². The van der Waals surface area contributed by atoms with Gasteiger partial charge in [0, 0.05) is 38.1 Å². The van der Waals surface area contributed by atoms with E-state index in [0.717, 1.165) is 51.5 Å². The molecule has 0 aliphatic rings. The smallest absolute Gasteiger partial charge is 0.154 e. The van der Waals surface area contributed by atoms with Gasteiger partial charge in [-0.2, -0.15) is 5.10 Å². The summed E-state index contributed by atoms with van der Waals surface area (Å²) in [6.07, 6.45) is 3.65. The van der Waals surface area contributed by atoms with Gasteiger partial charge >= 0.3 is 0 Å². The van der Waals surface area contributed by atoms with E-state index in [9.17, 15) is 0 Å². The molecule has 158 valence electrons. The molecule has 6 nitrogen and oxygen atoms in total. The number of ether oxygens (including phenoxy) is 2. The molecule has 0 N–H and O–H groups in total. The van der Waals surface area contributed by atoms with Gasteiger partial charge in [0.15, 0.2) is 5.75 Å². The van der Waals surface area contributed by atoms with Crippen molar-refractivity contribution in [1.82, 2.24) is 19.3 Å². The fraction of sp³-hybridized carbons (Fsp3) is 0.364. The summed E-state index contributed by atoms with van der Waals surface area (Å²) in [5.74, 6) is 0.781. The highest BCUT2D eigenvalue weighted by molar-refractivity contribution is 6.76. The summed E-state index contributed by atoms with van der Waals surface area (Å²) >= 11 is 6.09. The molecule has 4 rings (SSSR count). The highest BCUT2D eigenvalue weighted by atomic mass is 35.5. The molecule has 0 spiro atoms. The first-order chi connectivity index (χ1) is 14.3. The number of methoxy groups -OCH3 is 1. The molecular formula is C22H27ClN4O2Si. The van der Waals surface area contributed by atoms with Crippen LogP contribution in [0.3, 0.4) is 0 Å². The molecule has 1 aromatic carbocycles. The zero-order valence-electron chi connectivity index (χ0n) is 18.1. The van der Waals surface area contributed by atoms with Gasteiger partial charge in [-0.3, -0.25) is 0 Å². The molecule has 4 aromatic rings. The SMILES string of the molecule is COc1c(-c2cc3cc(Cl)ncc3n2C)ccc2cnn(COCC[Si](C)(C)C)c12. The lowest BCUT2D eigenvalue weighted by Crippen LogP contribution is -2.22. The monoisotopic (exact) mass is 442 g/mol. The summed E-state index contributed by atoms with van der Waals surface area (Å²) in [7, 11) is 2.59. The van der Waals surface area contributed by atoms with E-state index in [0.29, 0.717) is 11.9 Å². The van der Waals surface area contributed by atoms with E-state index in [2.05, 4.69) is 52.5 Å². The van der Waals surface area contributed by atoms with Crippen molar-refractivity contribution < 1.29 is 9.47 Å². The van der Waals surface area contributed by atoms with Crippen LogP contribution in [0.15, 0.2) is 36.7 Å². The van der Waals surface area contributed by atoms with Crippen LogP contribution in [0.5, 0.6) is 5.75 Å². The van der Waals surface area contributed by atoms with Crippen molar-refractivity contribution >= 4 is 41.5 Å². The van der Waals surface area contributed by atoms with Crippen LogP contribution in [0, 0.1) is 0 Å². The van der Waals surface area contributed by atoms with E-state index in [1.165, 1.54) is 0 Å². The maximum atomic E-state index is 6.09. The summed E-state index contributed by atoms with van der Waals surface area (Å²) in [6, 6.07) is 9.25. The largest absolute Gasteiger partial charge is 0.494 e. The molecule has 0 amide bonds. The minimum absolute atomic E-state index is 0.405. The van der Waals surface area contributed by atoms with Gasteiger partial charge in [0.05, 0.1) is 30.7 Å². The first kappa shape index (κ1) is 20.9. The van der Waals surface area contributed by atoms with Gasteiger partial charge in [-0.25, -0.2) is 9.67 Å².